The molecule has 2 amide bonds. The molecule has 28 heavy (non-hydrogen) atoms. The first-order chi connectivity index (χ1) is 13.5. The minimum absolute atomic E-state index is 0.0443. The van der Waals surface area contributed by atoms with Crippen LogP contribution in [0.1, 0.15) is 23.5 Å². The number of amides is 2. The van der Waals surface area contributed by atoms with E-state index >= 15 is 0 Å². The predicted molar refractivity (Wildman–Crippen MR) is 117 cm³/mol. The third kappa shape index (κ3) is 4.68. The number of nitrogens with two attached hydrogens (primary N) is 1. The van der Waals surface area contributed by atoms with Crippen molar-refractivity contribution >= 4 is 50.3 Å². The number of rotatable bonds is 7. The molecule has 0 aliphatic rings. The molecule has 6 nitrogen and oxygen atoms in total. The molecule has 0 aliphatic carbocycles. The highest BCUT2D eigenvalue weighted by Crippen LogP contribution is 2.29. The van der Waals surface area contributed by atoms with Gasteiger partial charge in [0.05, 0.1) is 22.8 Å². The van der Waals surface area contributed by atoms with E-state index in [-0.39, 0.29) is 11.8 Å². The van der Waals surface area contributed by atoms with Gasteiger partial charge in [0.25, 0.3) is 5.91 Å². The number of fused-ring (bicyclic) bond motifs is 1. The van der Waals surface area contributed by atoms with Crippen molar-refractivity contribution in [3.05, 3.63) is 53.4 Å². The number of hydrogen-bond donors (Lipinski definition) is 3. The minimum atomic E-state index is -0.203. The smallest absolute Gasteiger partial charge is 0.265 e. The number of likely N-dealkylation sites (N-methyl/N-ethyl adjacent to an activating group) is 1. The lowest BCUT2D eigenvalue weighted by Gasteiger charge is -2.17. The highest BCUT2D eigenvalue weighted by atomic mass is 32.1. The van der Waals surface area contributed by atoms with E-state index in [2.05, 4.69) is 15.5 Å². The number of carbonyl (C=O) groups excluding carboxylic acids is 2. The molecule has 3 aromatic rings. The fourth-order valence-corrected chi connectivity index (χ4v) is 3.86. The number of benzene rings is 2. The van der Waals surface area contributed by atoms with Gasteiger partial charge in [-0.1, -0.05) is 32.0 Å². The quantitative estimate of drug-likeness (QED) is 0.527. The fraction of sp³-hybridized carbons (Fsp3) is 0.238. The molecule has 0 fully saturated rings. The Morgan fingerprint density at radius 1 is 1.04 bits per heavy atom. The summed E-state index contributed by atoms with van der Waals surface area (Å²) in [4.78, 5) is 27.4. The van der Waals surface area contributed by atoms with Gasteiger partial charge in [0.1, 0.15) is 0 Å². The van der Waals surface area contributed by atoms with E-state index in [4.69, 9.17) is 5.73 Å². The van der Waals surface area contributed by atoms with Crippen LogP contribution in [0.25, 0.3) is 10.1 Å². The first kappa shape index (κ1) is 19.9. The van der Waals surface area contributed by atoms with E-state index in [9.17, 15) is 9.59 Å². The number of nitrogens with one attached hydrogen (secondary N) is 2. The molecule has 0 spiro atoms. The number of nitrogens with zero attached hydrogens (tertiary/aromatic N) is 1. The van der Waals surface area contributed by atoms with Crippen LogP contribution in [0, 0.1) is 0 Å². The van der Waals surface area contributed by atoms with E-state index in [1.165, 1.54) is 11.3 Å². The largest absolute Gasteiger partial charge is 0.397 e. The van der Waals surface area contributed by atoms with Crippen LogP contribution in [0.2, 0.25) is 0 Å². The van der Waals surface area contributed by atoms with Gasteiger partial charge in [-0.2, -0.15) is 0 Å². The second-order valence-electron chi connectivity index (χ2n) is 6.41. The van der Waals surface area contributed by atoms with Crippen molar-refractivity contribution in [2.75, 3.05) is 36.0 Å². The van der Waals surface area contributed by atoms with Crippen LogP contribution in [-0.2, 0) is 4.79 Å². The Labute approximate surface area is 168 Å². The van der Waals surface area contributed by atoms with E-state index in [1.54, 1.807) is 12.1 Å². The maximum absolute atomic E-state index is 12.6. The van der Waals surface area contributed by atoms with Crippen LogP contribution < -0.4 is 16.4 Å². The molecule has 1 aromatic heterocycles. The second-order valence-corrected chi connectivity index (χ2v) is 7.50. The van der Waals surface area contributed by atoms with E-state index < -0.39 is 0 Å². The molecule has 0 unspecified atom stereocenters. The summed E-state index contributed by atoms with van der Waals surface area (Å²) in [5.41, 5.74) is 7.73. The van der Waals surface area contributed by atoms with Crippen molar-refractivity contribution in [3.63, 3.8) is 0 Å². The van der Waals surface area contributed by atoms with Crippen LogP contribution >= 0.6 is 11.3 Å². The highest BCUT2D eigenvalue weighted by molar-refractivity contribution is 7.21. The van der Waals surface area contributed by atoms with E-state index in [0.717, 1.165) is 28.9 Å². The summed E-state index contributed by atoms with van der Waals surface area (Å²) in [7, 11) is 0. The van der Waals surface area contributed by atoms with E-state index in [0.29, 0.717) is 22.8 Å². The fourth-order valence-electron chi connectivity index (χ4n) is 2.87. The normalized spacial score (nSPS) is 11.0. The van der Waals surface area contributed by atoms with Gasteiger partial charge in [-0.05, 0) is 48.8 Å². The van der Waals surface area contributed by atoms with Crippen molar-refractivity contribution in [1.29, 1.82) is 0 Å². The van der Waals surface area contributed by atoms with Gasteiger partial charge in [0.2, 0.25) is 5.91 Å². The summed E-state index contributed by atoms with van der Waals surface area (Å²) in [5, 5.41) is 6.72. The molecule has 7 heteroatoms. The Morgan fingerprint density at radius 2 is 1.79 bits per heavy atom. The summed E-state index contributed by atoms with van der Waals surface area (Å²) < 4.78 is 0.937. The lowest BCUT2D eigenvalue weighted by Crippen LogP contribution is -2.32. The molecule has 2 aromatic carbocycles. The van der Waals surface area contributed by atoms with Crippen LogP contribution in [0.5, 0.6) is 0 Å². The SMILES string of the molecule is CCN(CC)CC(=O)Nc1ccc2cc(C(=O)Nc3ccccc3N)sc2c1. The Morgan fingerprint density at radius 3 is 2.50 bits per heavy atom. The molecule has 0 saturated heterocycles. The Kier molecular flexibility index (Phi) is 6.28. The first-order valence-corrected chi connectivity index (χ1v) is 10.0. The Hall–Kier alpha value is -2.90. The van der Waals surface area contributed by atoms with E-state index in [1.807, 2.05) is 50.2 Å². The molecular weight excluding hydrogens is 372 g/mol. The van der Waals surface area contributed by atoms with Gasteiger partial charge in [0.15, 0.2) is 0 Å². The first-order valence-electron chi connectivity index (χ1n) is 9.21. The lowest BCUT2D eigenvalue weighted by atomic mass is 10.2. The van der Waals surface area contributed by atoms with Gasteiger partial charge >= 0.3 is 0 Å². The third-order valence-corrected chi connectivity index (χ3v) is 5.59. The zero-order chi connectivity index (χ0) is 20.1. The molecule has 0 radical (unpaired) electrons. The zero-order valence-corrected chi connectivity index (χ0v) is 16.8. The molecule has 1 heterocycles. The van der Waals surface area contributed by atoms with Crippen LogP contribution in [0.4, 0.5) is 17.1 Å². The van der Waals surface area contributed by atoms with Crippen LogP contribution in [0.3, 0.4) is 0 Å². The Bertz CT molecular complexity index is 995. The van der Waals surface area contributed by atoms with Gasteiger partial charge in [0, 0.05) is 10.4 Å². The van der Waals surface area contributed by atoms with Gasteiger partial charge in [-0.15, -0.1) is 11.3 Å². The average Bonchev–Trinajstić information content (AvgIpc) is 3.11. The zero-order valence-electron chi connectivity index (χ0n) is 16.0. The van der Waals surface area contributed by atoms with Crippen molar-refractivity contribution in [3.8, 4) is 0 Å². The summed E-state index contributed by atoms with van der Waals surface area (Å²) in [6.07, 6.45) is 0. The maximum Gasteiger partial charge on any atom is 0.265 e. The maximum atomic E-state index is 12.6. The number of nitrogen functional groups attached to an aromatic ring is 1. The average molecular weight is 397 g/mol. The number of hydrogen-bond acceptors (Lipinski definition) is 5. The monoisotopic (exact) mass is 396 g/mol. The van der Waals surface area contributed by atoms with Crippen LogP contribution in [0.15, 0.2) is 48.5 Å². The predicted octanol–water partition coefficient (Wildman–Crippen LogP) is 4.02. The number of carbonyl (C=O) groups is 2. The van der Waals surface area contributed by atoms with Gasteiger partial charge < -0.3 is 16.4 Å². The molecule has 0 atom stereocenters. The van der Waals surface area contributed by atoms with Crippen molar-refractivity contribution in [2.45, 2.75) is 13.8 Å². The second kappa shape index (κ2) is 8.86. The standard InChI is InChI=1S/C21H24N4O2S/c1-3-25(4-2)13-20(26)23-15-10-9-14-11-19(28-18(14)12-15)21(27)24-17-8-6-5-7-16(17)22/h5-12H,3-4,13,22H2,1-2H3,(H,23,26)(H,24,27). The summed E-state index contributed by atoms with van der Waals surface area (Å²) in [5.74, 6) is -0.247. The van der Waals surface area contributed by atoms with Gasteiger partial charge in [-0.3, -0.25) is 14.5 Å². The summed E-state index contributed by atoms with van der Waals surface area (Å²) in [6.45, 7) is 6.09. The minimum Gasteiger partial charge on any atom is -0.397 e. The number of thiophene rings is 1. The van der Waals surface area contributed by atoms with Crippen molar-refractivity contribution < 1.29 is 9.59 Å². The molecule has 0 bridgehead atoms. The molecule has 3 rings (SSSR count). The van der Waals surface area contributed by atoms with Crippen LogP contribution in [-0.4, -0.2) is 36.3 Å². The topological polar surface area (TPSA) is 87.5 Å². The van der Waals surface area contributed by atoms with Gasteiger partial charge in [-0.25, -0.2) is 0 Å². The third-order valence-electron chi connectivity index (χ3n) is 4.50. The summed E-state index contributed by atoms with van der Waals surface area (Å²) >= 11 is 1.38. The molecule has 146 valence electrons. The highest BCUT2D eigenvalue weighted by Gasteiger charge is 2.13. The van der Waals surface area contributed by atoms with Crippen molar-refractivity contribution in [1.82, 2.24) is 4.90 Å². The van der Waals surface area contributed by atoms with Crippen molar-refractivity contribution in [2.24, 2.45) is 0 Å². The molecule has 0 saturated carbocycles. The molecule has 4 N–H and O–H groups in total. The molecular formula is C21H24N4O2S. The molecule has 0 aliphatic heterocycles. The Balaban J connectivity index is 1.73. The number of para-hydroxylation sites is 2. The lowest BCUT2D eigenvalue weighted by molar-refractivity contribution is -0.117. The summed E-state index contributed by atoms with van der Waals surface area (Å²) in [6, 6.07) is 14.7. The number of anilines is 3.